The van der Waals surface area contributed by atoms with E-state index in [2.05, 4.69) is 10.3 Å². The Morgan fingerprint density at radius 1 is 1.32 bits per heavy atom. The van der Waals surface area contributed by atoms with E-state index in [-0.39, 0.29) is 11.4 Å². The van der Waals surface area contributed by atoms with E-state index in [0.717, 1.165) is 5.56 Å². The summed E-state index contributed by atoms with van der Waals surface area (Å²) < 4.78 is 15.0. The molecule has 1 aromatic heterocycles. The van der Waals surface area contributed by atoms with Gasteiger partial charge in [-0.25, -0.2) is 9.37 Å². The molecule has 19 heavy (non-hydrogen) atoms. The van der Waals surface area contributed by atoms with Crippen LogP contribution in [0.1, 0.15) is 17.0 Å². The van der Waals surface area contributed by atoms with Crippen LogP contribution in [-0.2, 0) is 6.54 Å². The SMILES string of the molecule is CNCc1cc(F)cc(-n2cnc(C#N)c2C#N)c1. The predicted octanol–water partition coefficient (Wildman–Crippen LogP) is 1.47. The minimum Gasteiger partial charge on any atom is -0.316 e. The van der Waals surface area contributed by atoms with E-state index in [9.17, 15) is 4.39 Å². The van der Waals surface area contributed by atoms with Gasteiger partial charge in [-0.1, -0.05) is 0 Å². The lowest BCUT2D eigenvalue weighted by Gasteiger charge is -2.07. The van der Waals surface area contributed by atoms with E-state index < -0.39 is 5.82 Å². The molecule has 0 bridgehead atoms. The first-order valence-corrected chi connectivity index (χ1v) is 5.51. The van der Waals surface area contributed by atoms with Crippen LogP contribution >= 0.6 is 0 Å². The molecule has 0 aliphatic heterocycles. The van der Waals surface area contributed by atoms with Crippen LogP contribution in [0.15, 0.2) is 24.5 Å². The highest BCUT2D eigenvalue weighted by Gasteiger charge is 2.12. The van der Waals surface area contributed by atoms with Crippen molar-refractivity contribution in [3.05, 3.63) is 47.3 Å². The fourth-order valence-corrected chi connectivity index (χ4v) is 1.81. The summed E-state index contributed by atoms with van der Waals surface area (Å²) in [7, 11) is 1.76. The van der Waals surface area contributed by atoms with Gasteiger partial charge in [-0.05, 0) is 30.8 Å². The minimum atomic E-state index is -0.404. The van der Waals surface area contributed by atoms with Crippen molar-refractivity contribution in [1.29, 1.82) is 10.5 Å². The summed E-state index contributed by atoms with van der Waals surface area (Å²) in [6, 6.07) is 8.18. The number of hydrogen-bond acceptors (Lipinski definition) is 4. The van der Waals surface area contributed by atoms with E-state index in [1.807, 2.05) is 12.1 Å². The van der Waals surface area contributed by atoms with Crippen molar-refractivity contribution < 1.29 is 4.39 Å². The Morgan fingerprint density at radius 3 is 2.74 bits per heavy atom. The number of nitriles is 2. The molecule has 0 saturated heterocycles. The summed E-state index contributed by atoms with van der Waals surface area (Å²) in [6.45, 7) is 0.506. The normalized spacial score (nSPS) is 9.89. The van der Waals surface area contributed by atoms with Gasteiger partial charge in [-0.15, -0.1) is 0 Å². The third-order valence-electron chi connectivity index (χ3n) is 2.58. The number of nitrogens with zero attached hydrogens (tertiary/aromatic N) is 4. The zero-order valence-corrected chi connectivity index (χ0v) is 10.2. The van der Waals surface area contributed by atoms with Crippen LogP contribution < -0.4 is 5.32 Å². The molecular formula is C13H10FN5. The Labute approximate surface area is 109 Å². The molecule has 0 aliphatic rings. The summed E-state index contributed by atoms with van der Waals surface area (Å²) in [5.41, 5.74) is 1.34. The van der Waals surface area contributed by atoms with Crippen LogP contribution in [-0.4, -0.2) is 16.6 Å². The Hall–Kier alpha value is -2.70. The summed E-state index contributed by atoms with van der Waals surface area (Å²) >= 11 is 0. The van der Waals surface area contributed by atoms with Crippen LogP contribution in [0, 0.1) is 28.5 Å². The fourth-order valence-electron chi connectivity index (χ4n) is 1.81. The summed E-state index contributed by atoms with van der Waals surface area (Å²) in [4.78, 5) is 3.83. The molecule has 1 N–H and O–H groups in total. The minimum absolute atomic E-state index is 0.0296. The summed E-state index contributed by atoms with van der Waals surface area (Å²) in [5, 5.41) is 20.8. The lowest BCUT2D eigenvalue weighted by atomic mass is 10.2. The predicted molar refractivity (Wildman–Crippen MR) is 65.7 cm³/mol. The maximum Gasteiger partial charge on any atom is 0.177 e. The molecule has 2 aromatic rings. The van der Waals surface area contributed by atoms with Gasteiger partial charge in [0.25, 0.3) is 0 Å². The van der Waals surface area contributed by atoms with Crippen molar-refractivity contribution in [3.63, 3.8) is 0 Å². The molecule has 0 saturated carbocycles. The lowest BCUT2D eigenvalue weighted by molar-refractivity contribution is 0.622. The van der Waals surface area contributed by atoms with Crippen LogP contribution in [0.5, 0.6) is 0 Å². The quantitative estimate of drug-likeness (QED) is 0.901. The van der Waals surface area contributed by atoms with Gasteiger partial charge in [-0.3, -0.25) is 4.57 Å². The molecule has 0 fully saturated rings. The topological polar surface area (TPSA) is 77.4 Å². The Balaban J connectivity index is 2.57. The summed E-state index contributed by atoms with van der Waals surface area (Å²) in [6.07, 6.45) is 1.34. The van der Waals surface area contributed by atoms with Crippen molar-refractivity contribution in [1.82, 2.24) is 14.9 Å². The molecule has 0 aliphatic carbocycles. The maximum absolute atomic E-state index is 13.6. The van der Waals surface area contributed by atoms with E-state index in [1.165, 1.54) is 23.0 Å². The monoisotopic (exact) mass is 255 g/mol. The molecule has 5 nitrogen and oxygen atoms in total. The molecule has 0 atom stereocenters. The van der Waals surface area contributed by atoms with Gasteiger partial charge in [-0.2, -0.15) is 10.5 Å². The van der Waals surface area contributed by atoms with E-state index in [4.69, 9.17) is 10.5 Å². The number of halogens is 1. The number of imidazole rings is 1. The van der Waals surface area contributed by atoms with E-state index in [1.54, 1.807) is 13.1 Å². The first kappa shape index (κ1) is 12.7. The van der Waals surface area contributed by atoms with Gasteiger partial charge in [0.2, 0.25) is 0 Å². The molecule has 1 aromatic carbocycles. The second kappa shape index (κ2) is 5.30. The van der Waals surface area contributed by atoms with Crippen molar-refractivity contribution >= 4 is 0 Å². The van der Waals surface area contributed by atoms with Gasteiger partial charge in [0.05, 0.1) is 5.69 Å². The number of nitrogens with one attached hydrogen (secondary N) is 1. The van der Waals surface area contributed by atoms with E-state index >= 15 is 0 Å². The first-order chi connectivity index (χ1) is 9.19. The second-order valence-electron chi connectivity index (χ2n) is 3.88. The average molecular weight is 255 g/mol. The standard InChI is InChI=1S/C13H10FN5/c1-17-7-9-2-10(14)4-11(3-9)19-8-18-12(5-15)13(19)6-16/h2-4,8,17H,7H2,1H3. The summed E-state index contributed by atoms with van der Waals surface area (Å²) in [5.74, 6) is -0.404. The van der Waals surface area contributed by atoms with Crippen LogP contribution in [0.4, 0.5) is 4.39 Å². The van der Waals surface area contributed by atoms with Crippen molar-refractivity contribution in [2.45, 2.75) is 6.54 Å². The number of rotatable bonds is 3. The number of aromatic nitrogens is 2. The molecule has 94 valence electrons. The van der Waals surface area contributed by atoms with Crippen molar-refractivity contribution in [2.24, 2.45) is 0 Å². The number of hydrogen-bond donors (Lipinski definition) is 1. The number of benzene rings is 1. The van der Waals surface area contributed by atoms with E-state index in [0.29, 0.717) is 12.2 Å². The van der Waals surface area contributed by atoms with Crippen LogP contribution in [0.3, 0.4) is 0 Å². The smallest absolute Gasteiger partial charge is 0.177 e. The van der Waals surface area contributed by atoms with Gasteiger partial charge in [0.15, 0.2) is 11.4 Å². The Bertz CT molecular complexity index is 690. The van der Waals surface area contributed by atoms with Gasteiger partial charge in [0.1, 0.15) is 24.3 Å². The Morgan fingerprint density at radius 2 is 2.11 bits per heavy atom. The molecule has 0 radical (unpaired) electrons. The molecule has 1 heterocycles. The molecule has 6 heteroatoms. The zero-order valence-electron chi connectivity index (χ0n) is 10.2. The van der Waals surface area contributed by atoms with Crippen LogP contribution in [0.2, 0.25) is 0 Å². The molecular weight excluding hydrogens is 245 g/mol. The first-order valence-electron chi connectivity index (χ1n) is 5.51. The Kier molecular flexibility index (Phi) is 3.56. The highest BCUT2D eigenvalue weighted by molar-refractivity contribution is 5.45. The molecule has 0 amide bonds. The van der Waals surface area contributed by atoms with Crippen LogP contribution in [0.25, 0.3) is 5.69 Å². The van der Waals surface area contributed by atoms with Crippen molar-refractivity contribution in [2.75, 3.05) is 7.05 Å². The second-order valence-corrected chi connectivity index (χ2v) is 3.88. The zero-order chi connectivity index (χ0) is 13.8. The highest BCUT2D eigenvalue weighted by Crippen LogP contribution is 2.17. The van der Waals surface area contributed by atoms with Crippen molar-refractivity contribution in [3.8, 4) is 17.8 Å². The van der Waals surface area contributed by atoms with Gasteiger partial charge < -0.3 is 5.32 Å². The molecule has 0 unspecified atom stereocenters. The molecule has 0 spiro atoms. The molecule has 2 rings (SSSR count). The highest BCUT2D eigenvalue weighted by atomic mass is 19.1. The lowest BCUT2D eigenvalue weighted by Crippen LogP contribution is -2.07. The largest absolute Gasteiger partial charge is 0.316 e. The average Bonchev–Trinajstić information content (AvgIpc) is 2.81. The third-order valence-corrected chi connectivity index (χ3v) is 2.58. The van der Waals surface area contributed by atoms with Gasteiger partial charge in [0, 0.05) is 6.54 Å². The fraction of sp³-hybridized carbons (Fsp3) is 0.154. The maximum atomic E-state index is 13.6. The van der Waals surface area contributed by atoms with Gasteiger partial charge >= 0.3 is 0 Å². The third kappa shape index (κ3) is 2.44.